The van der Waals surface area contributed by atoms with E-state index in [2.05, 4.69) is 31.9 Å². The molecule has 0 N–H and O–H groups in total. The minimum absolute atomic E-state index is 0.375. The quantitative estimate of drug-likeness (QED) is 0.578. The monoisotopic (exact) mass is 270 g/mol. The van der Waals surface area contributed by atoms with Crippen LogP contribution in [0.5, 0.6) is 0 Å². The van der Waals surface area contributed by atoms with Gasteiger partial charge < -0.3 is 0 Å². The number of hydrogen-bond acceptors (Lipinski definition) is 2. The highest BCUT2D eigenvalue weighted by atomic mass is 79.9. The molecule has 0 rings (SSSR count). The molecule has 0 aliphatic heterocycles. The molecule has 0 bridgehead atoms. The van der Waals surface area contributed by atoms with Crippen LogP contribution in [0.4, 0.5) is 0 Å². The van der Waals surface area contributed by atoms with Crippen LogP contribution in [0.1, 0.15) is 13.8 Å². The molecule has 0 aliphatic carbocycles. The van der Waals surface area contributed by atoms with E-state index in [0.29, 0.717) is 0 Å². The summed E-state index contributed by atoms with van der Waals surface area (Å²) in [6.07, 6.45) is 0. The molecule has 0 saturated heterocycles. The summed E-state index contributed by atoms with van der Waals surface area (Å²) in [7, 11) is 0. The number of Topliss-reactive ketones (excluding diaryl/α,β-unsaturated/α-hetero) is 2. The van der Waals surface area contributed by atoms with Gasteiger partial charge in [-0.1, -0.05) is 31.9 Å². The average Bonchev–Trinajstić information content (AvgIpc) is 1.84. The second kappa shape index (κ2) is 4.23. The summed E-state index contributed by atoms with van der Waals surface area (Å²) in [6.45, 7) is 3.27. The Labute approximate surface area is 76.6 Å². The molecule has 2 nitrogen and oxygen atoms in total. The smallest absolute Gasteiger partial charge is 0.212 e. The second-order valence-corrected chi connectivity index (χ2v) is 4.71. The number of alkyl halides is 2. The fraction of sp³-hybridized carbons (Fsp3) is 0.667. The molecule has 0 heterocycles. The number of carbonyl (C=O) groups excluding carboxylic acids is 2. The Morgan fingerprint density at radius 3 is 1.30 bits per heavy atom. The number of halogens is 2. The predicted octanol–water partition coefficient (Wildman–Crippen LogP) is 1.69. The summed E-state index contributed by atoms with van der Waals surface area (Å²) in [4.78, 5) is 21.0. The van der Waals surface area contributed by atoms with Crippen LogP contribution in [-0.2, 0) is 9.59 Å². The summed E-state index contributed by atoms with van der Waals surface area (Å²) in [5.41, 5.74) is 0. The lowest BCUT2D eigenvalue weighted by molar-refractivity contribution is -0.135. The third kappa shape index (κ3) is 2.92. The molecule has 0 saturated carbocycles. The molecule has 0 spiro atoms. The van der Waals surface area contributed by atoms with Gasteiger partial charge in [-0.25, -0.2) is 0 Å². The Balaban J connectivity index is 4.10. The van der Waals surface area contributed by atoms with E-state index in [-0.39, 0.29) is 21.2 Å². The topological polar surface area (TPSA) is 34.1 Å². The van der Waals surface area contributed by atoms with Crippen molar-refractivity contribution in [3.8, 4) is 0 Å². The van der Waals surface area contributed by atoms with E-state index in [4.69, 9.17) is 0 Å². The molecule has 0 aliphatic rings. The zero-order valence-electron chi connectivity index (χ0n) is 5.73. The van der Waals surface area contributed by atoms with Gasteiger partial charge in [0.15, 0.2) is 0 Å². The third-order valence-corrected chi connectivity index (χ3v) is 1.80. The molecule has 58 valence electrons. The van der Waals surface area contributed by atoms with E-state index in [1.165, 1.54) is 0 Å². The van der Waals surface area contributed by atoms with Crippen LogP contribution in [0.15, 0.2) is 0 Å². The molecule has 0 aromatic rings. The van der Waals surface area contributed by atoms with E-state index in [9.17, 15) is 9.59 Å². The van der Waals surface area contributed by atoms with Gasteiger partial charge in [-0.05, 0) is 13.8 Å². The van der Waals surface area contributed by atoms with Crippen molar-refractivity contribution in [2.24, 2.45) is 0 Å². The van der Waals surface area contributed by atoms with Gasteiger partial charge in [0.2, 0.25) is 11.6 Å². The van der Waals surface area contributed by atoms with Gasteiger partial charge in [0.1, 0.15) is 0 Å². The zero-order valence-corrected chi connectivity index (χ0v) is 8.90. The molecule has 0 amide bonds. The number of ketones is 2. The molecule has 2 atom stereocenters. The lowest BCUT2D eigenvalue weighted by Crippen LogP contribution is -2.27. The van der Waals surface area contributed by atoms with Gasteiger partial charge >= 0.3 is 0 Å². The van der Waals surface area contributed by atoms with E-state index in [1.54, 1.807) is 13.8 Å². The van der Waals surface area contributed by atoms with Gasteiger partial charge in [0.05, 0.1) is 9.65 Å². The van der Waals surface area contributed by atoms with Crippen LogP contribution >= 0.6 is 31.9 Å². The van der Waals surface area contributed by atoms with Crippen molar-refractivity contribution in [3.63, 3.8) is 0 Å². The summed E-state index contributed by atoms with van der Waals surface area (Å²) in [5, 5.41) is 0. The Kier molecular flexibility index (Phi) is 4.36. The summed E-state index contributed by atoms with van der Waals surface area (Å²) in [5.74, 6) is -0.770. The molecule has 0 radical (unpaired) electrons. The predicted molar refractivity (Wildman–Crippen MR) is 46.8 cm³/mol. The molecular formula is C6H8Br2O2. The third-order valence-electron chi connectivity index (χ3n) is 0.965. The summed E-state index contributed by atoms with van der Waals surface area (Å²) >= 11 is 6.03. The van der Waals surface area contributed by atoms with E-state index >= 15 is 0 Å². The van der Waals surface area contributed by atoms with E-state index in [0.717, 1.165) is 0 Å². The van der Waals surface area contributed by atoms with Crippen LogP contribution in [0.2, 0.25) is 0 Å². The fourth-order valence-corrected chi connectivity index (χ4v) is 0.843. The van der Waals surface area contributed by atoms with Crippen LogP contribution in [0.25, 0.3) is 0 Å². The molecule has 4 heteroatoms. The van der Waals surface area contributed by atoms with Crippen molar-refractivity contribution in [1.29, 1.82) is 0 Å². The van der Waals surface area contributed by atoms with E-state index < -0.39 is 0 Å². The first kappa shape index (κ1) is 10.3. The van der Waals surface area contributed by atoms with Crippen molar-refractivity contribution in [1.82, 2.24) is 0 Å². The van der Waals surface area contributed by atoms with Crippen LogP contribution in [0, 0.1) is 0 Å². The van der Waals surface area contributed by atoms with Crippen molar-refractivity contribution in [3.05, 3.63) is 0 Å². The largest absolute Gasteiger partial charge is 0.290 e. The van der Waals surface area contributed by atoms with Gasteiger partial charge in [-0.2, -0.15) is 0 Å². The lowest BCUT2D eigenvalue weighted by Gasteiger charge is -2.01. The maximum atomic E-state index is 10.9. The van der Waals surface area contributed by atoms with Crippen LogP contribution in [0.3, 0.4) is 0 Å². The molecule has 2 unspecified atom stereocenters. The first-order valence-corrected chi connectivity index (χ1v) is 4.66. The first-order valence-electron chi connectivity index (χ1n) is 2.83. The highest BCUT2D eigenvalue weighted by Crippen LogP contribution is 2.06. The lowest BCUT2D eigenvalue weighted by atomic mass is 10.2. The Bertz CT molecular complexity index is 134. The zero-order chi connectivity index (χ0) is 8.31. The normalized spacial score (nSPS) is 16.0. The van der Waals surface area contributed by atoms with Crippen molar-refractivity contribution >= 4 is 43.4 Å². The van der Waals surface area contributed by atoms with Crippen LogP contribution < -0.4 is 0 Å². The second-order valence-electron chi connectivity index (χ2n) is 1.96. The maximum absolute atomic E-state index is 10.9. The summed E-state index contributed by atoms with van der Waals surface area (Å²) in [6, 6.07) is 0. The standard InChI is InChI=1S/C6H8Br2O2/c1-3(7)5(9)6(10)4(2)8/h3-4H,1-2H3. The van der Waals surface area contributed by atoms with E-state index in [1.807, 2.05) is 0 Å². The molecule has 0 fully saturated rings. The maximum Gasteiger partial charge on any atom is 0.212 e. The number of rotatable bonds is 3. The van der Waals surface area contributed by atoms with Crippen molar-refractivity contribution < 1.29 is 9.59 Å². The van der Waals surface area contributed by atoms with Crippen molar-refractivity contribution in [2.75, 3.05) is 0 Å². The van der Waals surface area contributed by atoms with Gasteiger partial charge in [-0.15, -0.1) is 0 Å². The van der Waals surface area contributed by atoms with Gasteiger partial charge in [0.25, 0.3) is 0 Å². The van der Waals surface area contributed by atoms with Crippen molar-refractivity contribution in [2.45, 2.75) is 23.5 Å². The minimum atomic E-state index is -0.385. The molecule has 10 heavy (non-hydrogen) atoms. The molecular weight excluding hydrogens is 264 g/mol. The Morgan fingerprint density at radius 1 is 1.00 bits per heavy atom. The summed E-state index contributed by atoms with van der Waals surface area (Å²) < 4.78 is 0. The minimum Gasteiger partial charge on any atom is -0.290 e. The Hall–Kier alpha value is 0.300. The molecule has 0 aromatic carbocycles. The number of hydrogen-bond donors (Lipinski definition) is 0. The first-order chi connectivity index (χ1) is 4.46. The van der Waals surface area contributed by atoms with Crippen LogP contribution in [-0.4, -0.2) is 21.2 Å². The Morgan fingerprint density at radius 2 is 1.20 bits per heavy atom. The fourth-order valence-electron chi connectivity index (χ4n) is 0.392. The number of carbonyl (C=O) groups is 2. The van der Waals surface area contributed by atoms with Gasteiger partial charge in [-0.3, -0.25) is 9.59 Å². The SMILES string of the molecule is CC(Br)C(=O)C(=O)C(C)Br. The highest BCUT2D eigenvalue weighted by Gasteiger charge is 2.22. The average molecular weight is 272 g/mol. The molecule has 0 aromatic heterocycles. The van der Waals surface area contributed by atoms with Gasteiger partial charge in [0, 0.05) is 0 Å². The highest BCUT2D eigenvalue weighted by molar-refractivity contribution is 9.10.